The molecule has 0 aliphatic carbocycles. The van der Waals surface area contributed by atoms with E-state index in [4.69, 9.17) is 25.8 Å². The maximum absolute atomic E-state index is 9.80. The fourth-order valence-electron chi connectivity index (χ4n) is 6.41. The number of aliphatic hydroxyl groups is 1. The van der Waals surface area contributed by atoms with Crippen LogP contribution in [0, 0.1) is 25.2 Å². The number of nitriles is 1. The van der Waals surface area contributed by atoms with Crippen LogP contribution in [0.3, 0.4) is 0 Å². The van der Waals surface area contributed by atoms with Crippen molar-refractivity contribution in [3.05, 3.63) is 111 Å². The first kappa shape index (κ1) is 36.7. The Balaban J connectivity index is 1.16. The smallest absolute Gasteiger partial charge is 0.188 e. The number of hydrogen-bond donors (Lipinski definition) is 2. The predicted octanol–water partition coefficient (Wildman–Crippen LogP) is 6.03. The van der Waals surface area contributed by atoms with Gasteiger partial charge in [0.25, 0.3) is 0 Å². The Kier molecular flexibility index (Phi) is 12.3. The number of halogens is 1. The molecule has 0 amide bonds. The number of benzene rings is 3. The lowest BCUT2D eigenvalue weighted by Crippen LogP contribution is -2.24. The minimum Gasteiger partial charge on any atom is -0.493 e. The second kappa shape index (κ2) is 17.4. The van der Waals surface area contributed by atoms with Crippen LogP contribution in [-0.4, -0.2) is 79.9 Å². The van der Waals surface area contributed by atoms with E-state index in [0.717, 1.165) is 77.2 Å². The molecule has 3 aromatic carbocycles. The van der Waals surface area contributed by atoms with E-state index in [9.17, 15) is 10.4 Å². The zero-order valence-corrected chi connectivity index (χ0v) is 30.4. The minimum absolute atomic E-state index is 0.205. The molecule has 2 aromatic heterocycles. The van der Waals surface area contributed by atoms with Crippen molar-refractivity contribution in [1.82, 2.24) is 35.4 Å². The molecule has 270 valence electrons. The van der Waals surface area contributed by atoms with Gasteiger partial charge >= 0.3 is 0 Å². The van der Waals surface area contributed by atoms with Crippen LogP contribution in [0.15, 0.2) is 67.0 Å². The van der Waals surface area contributed by atoms with Gasteiger partial charge < -0.3 is 24.2 Å². The van der Waals surface area contributed by atoms with Gasteiger partial charge in [-0.25, -0.2) is 0 Å². The zero-order valence-electron chi connectivity index (χ0n) is 29.7. The lowest BCUT2D eigenvalue weighted by Gasteiger charge is -2.20. The number of rotatable bonds is 16. The van der Waals surface area contributed by atoms with Gasteiger partial charge in [0.15, 0.2) is 5.82 Å². The van der Waals surface area contributed by atoms with E-state index in [1.54, 1.807) is 12.3 Å². The Morgan fingerprint density at radius 2 is 1.77 bits per heavy atom. The topological polar surface area (TPSA) is 146 Å². The van der Waals surface area contributed by atoms with Gasteiger partial charge in [-0.2, -0.15) is 10.5 Å². The van der Waals surface area contributed by atoms with Crippen molar-refractivity contribution in [2.24, 2.45) is 0 Å². The monoisotopic (exact) mass is 722 g/mol. The largest absolute Gasteiger partial charge is 0.493 e. The van der Waals surface area contributed by atoms with Gasteiger partial charge in [0, 0.05) is 55.8 Å². The van der Waals surface area contributed by atoms with Gasteiger partial charge in [0.1, 0.15) is 36.5 Å². The number of nitrogens with one attached hydrogen (secondary N) is 1. The summed E-state index contributed by atoms with van der Waals surface area (Å²) in [5, 5.41) is 33.8. The van der Waals surface area contributed by atoms with Gasteiger partial charge in [0.05, 0.1) is 29.8 Å². The van der Waals surface area contributed by atoms with Crippen molar-refractivity contribution < 1.29 is 19.3 Å². The van der Waals surface area contributed by atoms with Crippen molar-refractivity contribution in [2.45, 2.75) is 59.1 Å². The van der Waals surface area contributed by atoms with Crippen molar-refractivity contribution in [1.29, 1.82) is 5.26 Å². The van der Waals surface area contributed by atoms with E-state index in [0.29, 0.717) is 54.2 Å². The standard InChI is InChI=1S/C39H43ClN8O4/c1-26-30(7-4-8-33(26)34-9-5-10-36(27(34)2)50-14-6-12-48-13-11-32(49)22-48)25-52-38-17-37(51-24-29-15-28(18-41)19-42-20-29)31(16-35(38)40)21-47(3)23-39-43-45-46-44-39/h4-5,7-10,15-17,19-20,32,49H,6,11-14,21-25H2,1-3H3,(H,43,44,45,46). The fourth-order valence-corrected chi connectivity index (χ4v) is 6.65. The molecule has 12 nitrogen and oxygen atoms in total. The summed E-state index contributed by atoms with van der Waals surface area (Å²) in [6.45, 7) is 8.89. The minimum atomic E-state index is -0.205. The summed E-state index contributed by atoms with van der Waals surface area (Å²) in [5.41, 5.74) is 7.51. The molecule has 6 rings (SSSR count). The number of likely N-dealkylation sites (tertiary alicyclic amines) is 1. The molecule has 0 saturated carbocycles. The van der Waals surface area contributed by atoms with E-state index < -0.39 is 0 Å². The summed E-state index contributed by atoms with van der Waals surface area (Å²) < 4.78 is 18.9. The molecule has 0 spiro atoms. The first-order valence-electron chi connectivity index (χ1n) is 17.3. The first-order valence-corrected chi connectivity index (χ1v) is 17.7. The van der Waals surface area contributed by atoms with Gasteiger partial charge in [-0.1, -0.05) is 47.1 Å². The van der Waals surface area contributed by atoms with E-state index >= 15 is 0 Å². The molecule has 1 saturated heterocycles. The van der Waals surface area contributed by atoms with Crippen molar-refractivity contribution >= 4 is 11.6 Å². The van der Waals surface area contributed by atoms with Crippen LogP contribution in [0.25, 0.3) is 11.1 Å². The summed E-state index contributed by atoms with van der Waals surface area (Å²) in [6, 6.07) is 20.0. The highest BCUT2D eigenvalue weighted by Crippen LogP contribution is 2.37. The fraction of sp³-hybridized carbons (Fsp3) is 0.359. The third-order valence-electron chi connectivity index (χ3n) is 9.20. The van der Waals surface area contributed by atoms with Crippen LogP contribution in [0.5, 0.6) is 17.2 Å². The Morgan fingerprint density at radius 3 is 2.54 bits per heavy atom. The van der Waals surface area contributed by atoms with E-state index in [2.05, 4.69) is 68.6 Å². The number of H-pyrrole nitrogens is 1. The molecule has 5 aromatic rings. The SMILES string of the molecule is Cc1c(COc2cc(OCc3cncc(C#N)c3)c(CN(C)Cc3nn[nH]n3)cc2Cl)cccc1-c1cccc(OCCCN2CCC(O)C2)c1C. The van der Waals surface area contributed by atoms with Gasteiger partial charge in [-0.15, -0.1) is 10.2 Å². The van der Waals surface area contributed by atoms with Gasteiger partial charge in [0.2, 0.25) is 0 Å². The van der Waals surface area contributed by atoms with E-state index in [1.807, 2.05) is 42.3 Å². The Bertz CT molecular complexity index is 2000. The van der Waals surface area contributed by atoms with Crippen LogP contribution >= 0.6 is 11.6 Å². The number of aromatic nitrogens is 5. The molecule has 1 unspecified atom stereocenters. The average molecular weight is 723 g/mol. The summed E-state index contributed by atoms with van der Waals surface area (Å²) >= 11 is 6.84. The molecule has 1 aliphatic heterocycles. The molecule has 13 heteroatoms. The lowest BCUT2D eigenvalue weighted by atomic mass is 9.93. The van der Waals surface area contributed by atoms with E-state index in [1.165, 1.54) is 6.20 Å². The molecule has 2 N–H and O–H groups in total. The van der Waals surface area contributed by atoms with Gasteiger partial charge in [-0.3, -0.25) is 9.88 Å². The molecule has 1 atom stereocenters. The number of hydrogen-bond acceptors (Lipinski definition) is 11. The zero-order chi connectivity index (χ0) is 36.5. The number of ether oxygens (including phenoxy) is 3. The first-order chi connectivity index (χ1) is 25.3. The van der Waals surface area contributed by atoms with Crippen LogP contribution in [0.2, 0.25) is 5.02 Å². The van der Waals surface area contributed by atoms with Gasteiger partial charge in [-0.05, 0) is 79.8 Å². The van der Waals surface area contributed by atoms with Crippen LogP contribution in [0.4, 0.5) is 0 Å². The Labute approximate surface area is 308 Å². The highest BCUT2D eigenvalue weighted by atomic mass is 35.5. The third-order valence-corrected chi connectivity index (χ3v) is 9.50. The number of tetrazole rings is 1. The molecule has 0 radical (unpaired) electrons. The number of aromatic amines is 1. The normalized spacial score (nSPS) is 14.4. The number of pyridine rings is 1. The van der Waals surface area contributed by atoms with Crippen molar-refractivity contribution in [2.75, 3.05) is 33.3 Å². The summed E-state index contributed by atoms with van der Waals surface area (Å²) in [7, 11) is 1.94. The number of nitrogens with zero attached hydrogens (tertiary/aromatic N) is 7. The Hall–Kier alpha value is -5.06. The summed E-state index contributed by atoms with van der Waals surface area (Å²) in [6.07, 6.45) is 4.74. The molecular weight excluding hydrogens is 680 g/mol. The lowest BCUT2D eigenvalue weighted by molar-refractivity contribution is 0.173. The number of aliphatic hydroxyl groups excluding tert-OH is 1. The predicted molar refractivity (Wildman–Crippen MR) is 197 cm³/mol. The second-order valence-corrected chi connectivity index (χ2v) is 13.5. The van der Waals surface area contributed by atoms with Crippen LogP contribution in [0.1, 0.15) is 52.0 Å². The number of β-amino-alcohol motifs (C(OH)–C–C–N with tert-alkyl or cyclic N) is 1. The maximum Gasteiger partial charge on any atom is 0.188 e. The molecule has 1 fully saturated rings. The quantitative estimate of drug-likeness (QED) is 0.115. The summed E-state index contributed by atoms with van der Waals surface area (Å²) in [4.78, 5) is 8.48. The van der Waals surface area contributed by atoms with E-state index in [-0.39, 0.29) is 12.7 Å². The molecular formula is C39H43ClN8O4. The highest BCUT2D eigenvalue weighted by molar-refractivity contribution is 6.32. The summed E-state index contributed by atoms with van der Waals surface area (Å²) in [5.74, 6) is 2.53. The maximum atomic E-state index is 9.80. The average Bonchev–Trinajstić information content (AvgIpc) is 3.82. The molecule has 0 bridgehead atoms. The Morgan fingerprint density at radius 1 is 0.962 bits per heavy atom. The second-order valence-electron chi connectivity index (χ2n) is 13.1. The third kappa shape index (κ3) is 9.43. The van der Waals surface area contributed by atoms with Crippen LogP contribution < -0.4 is 14.2 Å². The highest BCUT2D eigenvalue weighted by Gasteiger charge is 2.20. The van der Waals surface area contributed by atoms with Crippen molar-refractivity contribution in [3.8, 4) is 34.4 Å². The molecule has 1 aliphatic rings. The van der Waals surface area contributed by atoms with Crippen molar-refractivity contribution in [3.63, 3.8) is 0 Å². The van der Waals surface area contributed by atoms with Crippen LogP contribution in [-0.2, 0) is 26.3 Å². The molecule has 52 heavy (non-hydrogen) atoms. The molecule has 3 heterocycles.